The largest absolute Gasteiger partial charge is 0.293 e. The van der Waals surface area contributed by atoms with Crippen LogP contribution in [0.25, 0.3) is 0 Å². The van der Waals surface area contributed by atoms with Crippen LogP contribution in [0, 0.1) is 0 Å². The molecule has 0 amide bonds. The van der Waals surface area contributed by atoms with Gasteiger partial charge in [0.15, 0.2) is 0 Å². The Kier molecular flexibility index (Phi) is 4.06. The summed E-state index contributed by atoms with van der Waals surface area (Å²) in [4.78, 5) is 4.29. The van der Waals surface area contributed by atoms with Gasteiger partial charge in [0.1, 0.15) is 0 Å². The molecule has 0 saturated heterocycles. The highest BCUT2D eigenvalue weighted by Gasteiger charge is 2.06. The van der Waals surface area contributed by atoms with Crippen molar-refractivity contribution in [1.82, 2.24) is 0 Å². The van der Waals surface area contributed by atoms with Gasteiger partial charge in [-0.2, -0.15) is 0 Å². The topological polar surface area (TPSA) is 12.4 Å². The van der Waals surface area contributed by atoms with Crippen LogP contribution < -0.4 is 0 Å². The molecule has 0 spiro atoms. The van der Waals surface area contributed by atoms with Crippen molar-refractivity contribution in [2.75, 3.05) is 7.05 Å². The monoisotopic (exact) mass is 165 g/mol. The van der Waals surface area contributed by atoms with Crippen LogP contribution in [0.4, 0.5) is 0 Å². The van der Waals surface area contributed by atoms with Crippen molar-refractivity contribution in [2.45, 2.75) is 44.9 Å². The second-order valence-electron chi connectivity index (χ2n) is 3.54. The van der Waals surface area contributed by atoms with E-state index in [0.717, 1.165) is 12.8 Å². The van der Waals surface area contributed by atoms with Crippen molar-refractivity contribution in [3.8, 4) is 0 Å². The first-order valence-corrected chi connectivity index (χ1v) is 4.98. The van der Waals surface area contributed by atoms with Crippen LogP contribution in [-0.4, -0.2) is 12.8 Å². The molecule has 1 aliphatic carbocycles. The fraction of sp³-hybridized carbons (Fsp3) is 0.727. The van der Waals surface area contributed by atoms with Gasteiger partial charge in [-0.15, -0.1) is 0 Å². The zero-order valence-electron chi connectivity index (χ0n) is 8.10. The van der Waals surface area contributed by atoms with Crippen LogP contribution in [0.3, 0.4) is 0 Å². The van der Waals surface area contributed by atoms with Crippen LogP contribution >= 0.6 is 0 Å². The predicted molar refractivity (Wildman–Crippen MR) is 54.8 cm³/mol. The Labute approximate surface area is 75.6 Å². The number of rotatable bonds is 0. The summed E-state index contributed by atoms with van der Waals surface area (Å²) in [5, 5.41) is 0. The molecule has 1 nitrogen and oxygen atoms in total. The molecule has 0 atom stereocenters. The highest BCUT2D eigenvalue weighted by Crippen LogP contribution is 2.17. The molecular weight excluding hydrogens is 146 g/mol. The lowest BCUT2D eigenvalue weighted by molar-refractivity contribution is 0.635. The van der Waals surface area contributed by atoms with Gasteiger partial charge in [0.2, 0.25) is 0 Å². The molecule has 1 rings (SSSR count). The Bertz CT molecular complexity index is 179. The molecule has 1 heteroatoms. The maximum atomic E-state index is 4.29. The summed E-state index contributed by atoms with van der Waals surface area (Å²) >= 11 is 0. The lowest BCUT2D eigenvalue weighted by Crippen LogP contribution is -2.00. The van der Waals surface area contributed by atoms with Crippen molar-refractivity contribution in [3.05, 3.63) is 12.2 Å². The molecule has 1 saturated carbocycles. The first kappa shape index (κ1) is 9.50. The average molecular weight is 165 g/mol. The predicted octanol–water partition coefficient (Wildman–Crippen LogP) is 3.36. The summed E-state index contributed by atoms with van der Waals surface area (Å²) in [6.45, 7) is 4.08. The Morgan fingerprint density at radius 1 is 1.00 bits per heavy atom. The third kappa shape index (κ3) is 2.80. The quantitative estimate of drug-likeness (QED) is 0.522. The van der Waals surface area contributed by atoms with Gasteiger partial charge in [-0.3, -0.25) is 4.99 Å². The SMILES string of the molecule is C=C1CCCCCCC/C1=N/C. The molecule has 1 fully saturated rings. The molecule has 0 heterocycles. The molecule has 0 aromatic carbocycles. The number of hydrogen-bond acceptors (Lipinski definition) is 1. The van der Waals surface area contributed by atoms with Gasteiger partial charge in [-0.05, 0) is 31.3 Å². The molecule has 68 valence electrons. The van der Waals surface area contributed by atoms with Crippen molar-refractivity contribution in [2.24, 2.45) is 4.99 Å². The van der Waals surface area contributed by atoms with Gasteiger partial charge in [0.25, 0.3) is 0 Å². The molecule has 0 unspecified atom stereocenters. The van der Waals surface area contributed by atoms with Crippen LogP contribution in [0.5, 0.6) is 0 Å². The molecule has 0 radical (unpaired) electrons. The second-order valence-corrected chi connectivity index (χ2v) is 3.54. The van der Waals surface area contributed by atoms with Crippen molar-refractivity contribution < 1.29 is 0 Å². The summed E-state index contributed by atoms with van der Waals surface area (Å²) in [5.41, 5.74) is 2.54. The molecule has 1 aliphatic rings. The second kappa shape index (κ2) is 5.13. The standard InChI is InChI=1S/C11H19N/c1-10-8-6-4-3-5-7-9-11(10)12-2/h1,3-9H2,2H3/b12-11-. The molecule has 0 aromatic rings. The minimum atomic E-state index is 1.15. The number of aliphatic imine (C=N–C) groups is 1. The van der Waals surface area contributed by atoms with E-state index >= 15 is 0 Å². The van der Waals surface area contributed by atoms with Crippen LogP contribution in [0.2, 0.25) is 0 Å². The van der Waals surface area contributed by atoms with Gasteiger partial charge in [0.05, 0.1) is 0 Å². The minimum Gasteiger partial charge on any atom is -0.293 e. The first-order chi connectivity index (χ1) is 5.84. The molecular formula is C11H19N. The van der Waals surface area contributed by atoms with Crippen LogP contribution in [-0.2, 0) is 0 Å². The maximum absolute atomic E-state index is 4.29. The zero-order chi connectivity index (χ0) is 8.81. The number of allylic oxidation sites excluding steroid dienone is 1. The minimum absolute atomic E-state index is 1.15. The Balaban J connectivity index is 2.53. The van der Waals surface area contributed by atoms with E-state index in [2.05, 4.69) is 11.6 Å². The number of nitrogens with zero attached hydrogens (tertiary/aromatic N) is 1. The van der Waals surface area contributed by atoms with E-state index < -0.39 is 0 Å². The highest BCUT2D eigenvalue weighted by molar-refractivity contribution is 5.99. The van der Waals surface area contributed by atoms with Crippen molar-refractivity contribution in [1.29, 1.82) is 0 Å². The Hall–Kier alpha value is -0.590. The summed E-state index contributed by atoms with van der Waals surface area (Å²) in [5.74, 6) is 0. The van der Waals surface area contributed by atoms with Gasteiger partial charge < -0.3 is 0 Å². The Morgan fingerprint density at radius 3 is 2.25 bits per heavy atom. The van der Waals surface area contributed by atoms with E-state index in [1.807, 2.05) is 7.05 Å². The van der Waals surface area contributed by atoms with Gasteiger partial charge in [-0.25, -0.2) is 0 Å². The van der Waals surface area contributed by atoms with Crippen LogP contribution in [0.15, 0.2) is 17.1 Å². The van der Waals surface area contributed by atoms with Crippen LogP contribution in [0.1, 0.15) is 44.9 Å². The van der Waals surface area contributed by atoms with Gasteiger partial charge in [0, 0.05) is 12.8 Å². The van der Waals surface area contributed by atoms with Crippen molar-refractivity contribution in [3.63, 3.8) is 0 Å². The third-order valence-electron chi connectivity index (χ3n) is 2.57. The fourth-order valence-corrected chi connectivity index (χ4v) is 1.75. The fourth-order valence-electron chi connectivity index (χ4n) is 1.75. The zero-order valence-corrected chi connectivity index (χ0v) is 8.10. The summed E-state index contributed by atoms with van der Waals surface area (Å²) < 4.78 is 0. The van der Waals surface area contributed by atoms with E-state index in [-0.39, 0.29) is 0 Å². The molecule has 0 bridgehead atoms. The Morgan fingerprint density at radius 2 is 1.58 bits per heavy atom. The van der Waals surface area contributed by atoms with E-state index in [4.69, 9.17) is 0 Å². The molecule has 12 heavy (non-hydrogen) atoms. The first-order valence-electron chi connectivity index (χ1n) is 4.98. The summed E-state index contributed by atoms with van der Waals surface area (Å²) in [6.07, 6.45) is 9.04. The van der Waals surface area contributed by atoms with Gasteiger partial charge >= 0.3 is 0 Å². The van der Waals surface area contributed by atoms with E-state index in [0.29, 0.717) is 0 Å². The maximum Gasteiger partial charge on any atom is 0.0370 e. The molecule has 0 aliphatic heterocycles. The van der Waals surface area contributed by atoms with E-state index in [1.54, 1.807) is 0 Å². The lowest BCUT2D eigenvalue weighted by Gasteiger charge is -2.05. The van der Waals surface area contributed by atoms with E-state index in [1.165, 1.54) is 43.4 Å². The highest BCUT2D eigenvalue weighted by atomic mass is 14.7. The lowest BCUT2D eigenvalue weighted by atomic mass is 10.0. The average Bonchev–Trinajstić information content (AvgIpc) is 2.17. The summed E-state index contributed by atoms with van der Waals surface area (Å²) in [7, 11) is 1.89. The van der Waals surface area contributed by atoms with Crippen molar-refractivity contribution >= 4 is 5.71 Å². The number of hydrogen-bond donors (Lipinski definition) is 0. The molecule has 0 N–H and O–H groups in total. The van der Waals surface area contributed by atoms with E-state index in [9.17, 15) is 0 Å². The van der Waals surface area contributed by atoms with Gasteiger partial charge in [-0.1, -0.05) is 25.8 Å². The summed E-state index contributed by atoms with van der Waals surface area (Å²) in [6, 6.07) is 0. The smallest absolute Gasteiger partial charge is 0.0370 e. The molecule has 0 aromatic heterocycles. The third-order valence-corrected chi connectivity index (χ3v) is 2.57. The normalized spacial score (nSPS) is 24.8.